The average Bonchev–Trinajstić information content (AvgIpc) is 2.95. The van der Waals surface area contributed by atoms with Gasteiger partial charge in [-0.2, -0.15) is 0 Å². The molecule has 0 N–H and O–H groups in total. The highest BCUT2D eigenvalue weighted by Gasteiger charge is 2.23. The Labute approximate surface area is 175 Å². The number of fused-ring (bicyclic) bond motifs is 1. The zero-order valence-electron chi connectivity index (χ0n) is 14.4. The Kier molecular flexibility index (Phi) is 5.13. The Hall–Kier alpha value is -2.01. The lowest BCUT2D eigenvalue weighted by Crippen LogP contribution is -2.07. The van der Waals surface area contributed by atoms with E-state index in [0.29, 0.717) is 16.3 Å². The maximum Gasteiger partial charge on any atom is 0.211 e. The molecule has 2 heterocycles. The average molecular weight is 457 g/mol. The fourth-order valence-electron chi connectivity index (χ4n) is 3.11. The molecule has 4 aromatic rings. The maximum absolute atomic E-state index is 13.3. The van der Waals surface area contributed by atoms with Crippen molar-refractivity contribution < 1.29 is 4.79 Å². The Bertz CT molecular complexity index is 1150. The molecule has 0 saturated carbocycles. The SMILES string of the molecule is Cc1c(Sc2ccc(Cl)cc2)c2ccccn2c1C(=O)c1ccccc1Br. The number of ketones is 1. The van der Waals surface area contributed by atoms with E-state index in [1.165, 1.54) is 0 Å². The van der Waals surface area contributed by atoms with Crippen molar-refractivity contribution in [3.8, 4) is 0 Å². The summed E-state index contributed by atoms with van der Waals surface area (Å²) in [5.74, 6) is 0.00383. The van der Waals surface area contributed by atoms with Crippen LogP contribution in [-0.4, -0.2) is 10.2 Å². The summed E-state index contributed by atoms with van der Waals surface area (Å²) in [6.45, 7) is 2.01. The van der Waals surface area contributed by atoms with Gasteiger partial charge in [0.25, 0.3) is 0 Å². The van der Waals surface area contributed by atoms with Crippen molar-refractivity contribution >= 4 is 50.6 Å². The van der Waals surface area contributed by atoms with Crippen molar-refractivity contribution in [2.45, 2.75) is 16.7 Å². The van der Waals surface area contributed by atoms with Crippen molar-refractivity contribution in [2.75, 3.05) is 0 Å². The van der Waals surface area contributed by atoms with Crippen LogP contribution in [-0.2, 0) is 0 Å². The molecule has 0 saturated heterocycles. The summed E-state index contributed by atoms with van der Waals surface area (Å²) in [6, 6.07) is 21.3. The van der Waals surface area contributed by atoms with Gasteiger partial charge in [-0.25, -0.2) is 0 Å². The zero-order valence-corrected chi connectivity index (χ0v) is 17.6. The molecule has 0 bridgehead atoms. The fourth-order valence-corrected chi connectivity index (χ4v) is 4.72. The highest BCUT2D eigenvalue weighted by Crippen LogP contribution is 2.38. The van der Waals surface area contributed by atoms with Crippen LogP contribution in [0.25, 0.3) is 5.52 Å². The van der Waals surface area contributed by atoms with E-state index >= 15 is 0 Å². The molecule has 0 atom stereocenters. The van der Waals surface area contributed by atoms with Gasteiger partial charge in [-0.15, -0.1) is 0 Å². The summed E-state index contributed by atoms with van der Waals surface area (Å²) in [4.78, 5) is 15.5. The van der Waals surface area contributed by atoms with Gasteiger partial charge in [0.05, 0.1) is 11.2 Å². The molecule has 0 aliphatic rings. The number of nitrogens with zero attached hydrogens (tertiary/aromatic N) is 1. The fraction of sp³-hybridized carbons (Fsp3) is 0.0455. The number of carbonyl (C=O) groups excluding carboxylic acids is 1. The van der Waals surface area contributed by atoms with E-state index in [9.17, 15) is 4.79 Å². The third kappa shape index (κ3) is 3.45. The highest BCUT2D eigenvalue weighted by atomic mass is 79.9. The van der Waals surface area contributed by atoms with Crippen LogP contribution < -0.4 is 0 Å². The summed E-state index contributed by atoms with van der Waals surface area (Å²) in [5.41, 5.74) is 3.34. The lowest BCUT2D eigenvalue weighted by molar-refractivity contribution is 0.103. The molecule has 0 fully saturated rings. The van der Waals surface area contributed by atoms with Crippen LogP contribution in [0.1, 0.15) is 21.6 Å². The maximum atomic E-state index is 13.3. The normalized spacial score (nSPS) is 11.1. The lowest BCUT2D eigenvalue weighted by Gasteiger charge is -2.06. The minimum Gasteiger partial charge on any atom is -0.312 e. The van der Waals surface area contributed by atoms with Crippen LogP contribution in [0.5, 0.6) is 0 Å². The number of halogens is 2. The van der Waals surface area contributed by atoms with E-state index < -0.39 is 0 Å². The van der Waals surface area contributed by atoms with E-state index in [-0.39, 0.29) is 5.78 Å². The molecule has 0 radical (unpaired) electrons. The van der Waals surface area contributed by atoms with Crippen molar-refractivity contribution in [3.05, 3.63) is 99.2 Å². The first kappa shape index (κ1) is 18.4. The first-order valence-electron chi connectivity index (χ1n) is 8.38. The number of pyridine rings is 1. The van der Waals surface area contributed by atoms with Crippen LogP contribution in [0.2, 0.25) is 5.02 Å². The van der Waals surface area contributed by atoms with Gasteiger partial charge < -0.3 is 4.40 Å². The topological polar surface area (TPSA) is 21.5 Å². The molecule has 27 heavy (non-hydrogen) atoms. The minimum atomic E-state index is 0.00383. The van der Waals surface area contributed by atoms with Gasteiger partial charge >= 0.3 is 0 Å². The molecule has 0 amide bonds. The van der Waals surface area contributed by atoms with Crippen molar-refractivity contribution in [2.24, 2.45) is 0 Å². The molecular weight excluding hydrogens is 442 g/mol. The highest BCUT2D eigenvalue weighted by molar-refractivity contribution is 9.10. The standard InChI is InChI=1S/C22H15BrClNOS/c1-14-20(21(26)17-6-2-3-7-18(17)23)25-13-5-4-8-19(25)22(14)27-16-11-9-15(24)10-12-16/h2-13H,1H3. The predicted molar refractivity (Wildman–Crippen MR) is 115 cm³/mol. The van der Waals surface area contributed by atoms with Gasteiger partial charge in [0.1, 0.15) is 0 Å². The molecule has 134 valence electrons. The molecule has 2 nitrogen and oxygen atoms in total. The third-order valence-corrected chi connectivity index (χ3v) is 6.57. The molecule has 2 aromatic heterocycles. The molecule has 5 heteroatoms. The molecule has 2 aromatic carbocycles. The lowest BCUT2D eigenvalue weighted by atomic mass is 10.1. The Morgan fingerprint density at radius 2 is 1.70 bits per heavy atom. The van der Waals surface area contributed by atoms with Crippen LogP contribution in [0.4, 0.5) is 0 Å². The monoisotopic (exact) mass is 455 g/mol. The zero-order chi connectivity index (χ0) is 19.0. The molecule has 0 unspecified atom stereocenters. The summed E-state index contributed by atoms with van der Waals surface area (Å²) in [7, 11) is 0. The summed E-state index contributed by atoms with van der Waals surface area (Å²) >= 11 is 11.2. The largest absolute Gasteiger partial charge is 0.312 e. The van der Waals surface area contributed by atoms with Crippen molar-refractivity contribution in [1.29, 1.82) is 0 Å². The molecule has 0 aliphatic carbocycles. The van der Waals surface area contributed by atoms with Crippen LogP contribution in [0, 0.1) is 6.92 Å². The van der Waals surface area contributed by atoms with E-state index in [4.69, 9.17) is 11.6 Å². The second-order valence-electron chi connectivity index (χ2n) is 6.12. The predicted octanol–water partition coefficient (Wildman–Crippen LogP) is 7.05. The summed E-state index contributed by atoms with van der Waals surface area (Å²) in [6.07, 6.45) is 1.94. The minimum absolute atomic E-state index is 0.00383. The Morgan fingerprint density at radius 1 is 1.00 bits per heavy atom. The number of rotatable bonds is 4. The van der Waals surface area contributed by atoms with Crippen molar-refractivity contribution in [1.82, 2.24) is 4.40 Å². The van der Waals surface area contributed by atoms with Crippen LogP contribution >= 0.6 is 39.3 Å². The Morgan fingerprint density at radius 3 is 2.44 bits per heavy atom. The second-order valence-corrected chi connectivity index (χ2v) is 8.50. The van der Waals surface area contributed by atoms with Crippen LogP contribution in [0.3, 0.4) is 0 Å². The van der Waals surface area contributed by atoms with Crippen molar-refractivity contribution in [3.63, 3.8) is 0 Å². The molecule has 0 spiro atoms. The van der Waals surface area contributed by atoms with Gasteiger partial charge in [0.15, 0.2) is 0 Å². The first-order chi connectivity index (χ1) is 13.1. The number of hydrogen-bond acceptors (Lipinski definition) is 2. The molecule has 0 aliphatic heterocycles. The van der Waals surface area contributed by atoms with E-state index in [1.54, 1.807) is 11.8 Å². The quantitative estimate of drug-likeness (QED) is 0.307. The second kappa shape index (κ2) is 7.55. The van der Waals surface area contributed by atoms with Crippen LogP contribution in [0.15, 0.2) is 87.2 Å². The summed E-state index contributed by atoms with van der Waals surface area (Å²) in [5, 5.41) is 0.711. The van der Waals surface area contributed by atoms with Gasteiger partial charge in [-0.1, -0.05) is 57.5 Å². The van der Waals surface area contributed by atoms with E-state index in [0.717, 1.165) is 25.3 Å². The van der Waals surface area contributed by atoms with Gasteiger partial charge in [-0.05, 0) is 61.0 Å². The smallest absolute Gasteiger partial charge is 0.211 e. The number of carbonyl (C=O) groups is 1. The summed E-state index contributed by atoms with van der Waals surface area (Å²) < 4.78 is 2.78. The first-order valence-corrected chi connectivity index (χ1v) is 10.4. The number of aromatic nitrogens is 1. The molecule has 4 rings (SSSR count). The van der Waals surface area contributed by atoms with Gasteiger partial charge in [0, 0.05) is 31.0 Å². The number of benzene rings is 2. The molecular formula is C22H15BrClNOS. The van der Waals surface area contributed by atoms with Gasteiger partial charge in [0.2, 0.25) is 5.78 Å². The third-order valence-electron chi connectivity index (χ3n) is 4.40. The Balaban J connectivity index is 1.87. The van der Waals surface area contributed by atoms with E-state index in [1.807, 2.05) is 84.3 Å². The van der Waals surface area contributed by atoms with Gasteiger partial charge in [-0.3, -0.25) is 4.79 Å². The number of hydrogen-bond donors (Lipinski definition) is 0. The van der Waals surface area contributed by atoms with E-state index in [2.05, 4.69) is 15.9 Å².